The molecule has 2 N–H and O–H groups in total. The highest BCUT2D eigenvalue weighted by Crippen LogP contribution is 2.26. The summed E-state index contributed by atoms with van der Waals surface area (Å²) in [6, 6.07) is 6.66. The van der Waals surface area contributed by atoms with E-state index in [1.165, 1.54) is 19.3 Å². The average Bonchev–Trinajstić information content (AvgIpc) is 2.67. The van der Waals surface area contributed by atoms with Crippen LogP contribution >= 0.6 is 0 Å². The molecule has 1 saturated carbocycles. The number of nitrogens with zero attached hydrogens (tertiary/aromatic N) is 2. The van der Waals surface area contributed by atoms with Crippen molar-refractivity contribution in [3.8, 4) is 0 Å². The maximum atomic E-state index is 12.5. The second kappa shape index (κ2) is 8.56. The normalized spacial score (nSPS) is 19.0. The molecule has 1 saturated heterocycles. The van der Waals surface area contributed by atoms with Crippen molar-refractivity contribution in [2.45, 2.75) is 51.0 Å². The summed E-state index contributed by atoms with van der Waals surface area (Å²) < 4.78 is 5.40. The van der Waals surface area contributed by atoms with Crippen LogP contribution in [0.15, 0.2) is 18.2 Å². The smallest absolute Gasteiger partial charge is 0.222 e. The van der Waals surface area contributed by atoms with E-state index in [0.717, 1.165) is 62.5 Å². The van der Waals surface area contributed by atoms with Gasteiger partial charge in [0, 0.05) is 32.6 Å². The fourth-order valence-electron chi connectivity index (χ4n) is 3.95. The molecule has 5 heteroatoms. The minimum atomic E-state index is 0.253. The van der Waals surface area contributed by atoms with E-state index >= 15 is 0 Å². The Morgan fingerprint density at radius 2 is 1.96 bits per heavy atom. The predicted molar refractivity (Wildman–Crippen MR) is 102 cm³/mol. The molecule has 0 unspecified atom stereocenters. The highest BCUT2D eigenvalue weighted by molar-refractivity contribution is 5.77. The van der Waals surface area contributed by atoms with Crippen LogP contribution in [0.3, 0.4) is 0 Å². The number of carbonyl (C=O) groups is 1. The zero-order chi connectivity index (χ0) is 17.6. The van der Waals surface area contributed by atoms with E-state index in [4.69, 9.17) is 10.5 Å². The summed E-state index contributed by atoms with van der Waals surface area (Å²) in [7, 11) is 1.97. The maximum Gasteiger partial charge on any atom is 0.222 e. The molecule has 1 aromatic rings. The van der Waals surface area contributed by atoms with Gasteiger partial charge in [-0.1, -0.05) is 25.3 Å². The molecule has 0 spiro atoms. The molecule has 1 heterocycles. The van der Waals surface area contributed by atoms with Crippen LogP contribution in [-0.2, 0) is 16.0 Å². The van der Waals surface area contributed by atoms with Crippen LogP contribution in [0.2, 0.25) is 0 Å². The Morgan fingerprint density at radius 1 is 1.24 bits per heavy atom. The van der Waals surface area contributed by atoms with Crippen molar-refractivity contribution in [1.82, 2.24) is 4.90 Å². The number of hydrogen-bond acceptors (Lipinski definition) is 4. The minimum absolute atomic E-state index is 0.253. The van der Waals surface area contributed by atoms with Crippen molar-refractivity contribution in [2.24, 2.45) is 0 Å². The number of hydrogen-bond donors (Lipinski definition) is 1. The molecular weight excluding hydrogens is 314 g/mol. The summed E-state index contributed by atoms with van der Waals surface area (Å²) in [6.07, 6.45) is 7.44. The van der Waals surface area contributed by atoms with Crippen LogP contribution in [0.1, 0.15) is 44.1 Å². The molecule has 1 aliphatic heterocycles. The van der Waals surface area contributed by atoms with Crippen molar-refractivity contribution in [2.75, 3.05) is 44.0 Å². The summed E-state index contributed by atoms with van der Waals surface area (Å²) >= 11 is 0. The van der Waals surface area contributed by atoms with Crippen LogP contribution in [0.4, 0.5) is 11.4 Å². The highest BCUT2D eigenvalue weighted by atomic mass is 16.5. The van der Waals surface area contributed by atoms with E-state index in [-0.39, 0.29) is 5.91 Å². The number of anilines is 2. The number of carbonyl (C=O) groups excluding carboxylic acids is 1. The van der Waals surface area contributed by atoms with Gasteiger partial charge in [-0.15, -0.1) is 0 Å². The molecule has 2 fully saturated rings. The molecule has 0 radical (unpaired) electrons. The third-order valence-electron chi connectivity index (χ3n) is 5.59. The third kappa shape index (κ3) is 4.66. The predicted octanol–water partition coefficient (Wildman–Crippen LogP) is 2.83. The number of rotatable bonds is 5. The molecular formula is C20H31N3O2. The van der Waals surface area contributed by atoms with E-state index in [1.54, 1.807) is 0 Å². The molecule has 2 aliphatic rings. The fourth-order valence-corrected chi connectivity index (χ4v) is 3.95. The van der Waals surface area contributed by atoms with Crippen LogP contribution in [0.5, 0.6) is 0 Å². The Balaban J connectivity index is 1.54. The first-order chi connectivity index (χ1) is 12.1. The number of ether oxygens (including phenoxy) is 1. The summed E-state index contributed by atoms with van der Waals surface area (Å²) in [6.45, 7) is 3.27. The second-order valence-corrected chi connectivity index (χ2v) is 7.29. The Kier molecular flexibility index (Phi) is 6.19. The summed E-state index contributed by atoms with van der Waals surface area (Å²) in [5.74, 6) is 0.253. The lowest BCUT2D eigenvalue weighted by Crippen LogP contribution is -2.38. The number of nitrogens with two attached hydrogens (primary N) is 1. The molecule has 3 rings (SSSR count). The van der Waals surface area contributed by atoms with Gasteiger partial charge in [0.15, 0.2) is 0 Å². The molecule has 5 nitrogen and oxygen atoms in total. The first kappa shape index (κ1) is 18.1. The molecule has 0 atom stereocenters. The minimum Gasteiger partial charge on any atom is -0.397 e. The standard InChI is InChI=1S/C20H31N3O2/c1-22(17-5-3-2-4-6-17)20(24)10-8-16-7-9-19(18(21)15-16)23-11-13-25-14-12-23/h7,9,15,17H,2-6,8,10-14,21H2,1H3. The van der Waals surface area contributed by atoms with Crippen molar-refractivity contribution in [1.29, 1.82) is 0 Å². The first-order valence-electron chi connectivity index (χ1n) is 9.62. The van der Waals surface area contributed by atoms with Gasteiger partial charge in [-0.05, 0) is 37.0 Å². The molecule has 1 aromatic carbocycles. The summed E-state index contributed by atoms with van der Waals surface area (Å²) in [5.41, 5.74) is 9.28. The Hall–Kier alpha value is -1.75. The van der Waals surface area contributed by atoms with E-state index in [1.807, 2.05) is 18.0 Å². The Labute approximate surface area is 151 Å². The van der Waals surface area contributed by atoms with Gasteiger partial charge in [0.25, 0.3) is 0 Å². The Morgan fingerprint density at radius 3 is 2.64 bits per heavy atom. The SMILES string of the molecule is CN(C(=O)CCc1ccc(N2CCOCC2)c(N)c1)C1CCCCC1. The molecule has 0 bridgehead atoms. The Bertz CT molecular complexity index is 578. The van der Waals surface area contributed by atoms with Gasteiger partial charge in [-0.25, -0.2) is 0 Å². The number of morpholine rings is 1. The van der Waals surface area contributed by atoms with E-state index in [9.17, 15) is 4.79 Å². The van der Waals surface area contributed by atoms with Gasteiger partial charge in [0.2, 0.25) is 5.91 Å². The van der Waals surface area contributed by atoms with Gasteiger partial charge >= 0.3 is 0 Å². The first-order valence-corrected chi connectivity index (χ1v) is 9.62. The third-order valence-corrected chi connectivity index (χ3v) is 5.59. The van der Waals surface area contributed by atoms with E-state index in [2.05, 4.69) is 17.0 Å². The molecule has 1 aliphatic carbocycles. The van der Waals surface area contributed by atoms with Crippen molar-refractivity contribution >= 4 is 17.3 Å². The number of nitrogen functional groups attached to an aromatic ring is 1. The topological polar surface area (TPSA) is 58.8 Å². The summed E-state index contributed by atoms with van der Waals surface area (Å²) in [5, 5.41) is 0. The lowest BCUT2D eigenvalue weighted by Gasteiger charge is -2.31. The van der Waals surface area contributed by atoms with Crippen molar-refractivity contribution in [3.05, 3.63) is 23.8 Å². The van der Waals surface area contributed by atoms with Crippen LogP contribution < -0.4 is 10.6 Å². The van der Waals surface area contributed by atoms with Crippen LogP contribution in [0, 0.1) is 0 Å². The monoisotopic (exact) mass is 345 g/mol. The fraction of sp³-hybridized carbons (Fsp3) is 0.650. The van der Waals surface area contributed by atoms with E-state index < -0.39 is 0 Å². The molecule has 0 aromatic heterocycles. The highest BCUT2D eigenvalue weighted by Gasteiger charge is 2.21. The largest absolute Gasteiger partial charge is 0.397 e. The van der Waals surface area contributed by atoms with Gasteiger partial charge in [-0.2, -0.15) is 0 Å². The van der Waals surface area contributed by atoms with Crippen molar-refractivity contribution < 1.29 is 9.53 Å². The van der Waals surface area contributed by atoms with Crippen LogP contribution in [-0.4, -0.2) is 50.2 Å². The van der Waals surface area contributed by atoms with Crippen molar-refractivity contribution in [3.63, 3.8) is 0 Å². The molecule has 1 amide bonds. The lowest BCUT2D eigenvalue weighted by atomic mass is 9.94. The zero-order valence-corrected chi connectivity index (χ0v) is 15.4. The second-order valence-electron chi connectivity index (χ2n) is 7.29. The van der Waals surface area contributed by atoms with Crippen LogP contribution in [0.25, 0.3) is 0 Å². The maximum absolute atomic E-state index is 12.5. The molecule has 138 valence electrons. The number of aryl methyl sites for hydroxylation is 1. The number of amides is 1. The van der Waals surface area contributed by atoms with Gasteiger partial charge in [0.1, 0.15) is 0 Å². The molecule has 25 heavy (non-hydrogen) atoms. The number of benzene rings is 1. The van der Waals surface area contributed by atoms with E-state index in [0.29, 0.717) is 12.5 Å². The lowest BCUT2D eigenvalue weighted by molar-refractivity contribution is -0.132. The average molecular weight is 345 g/mol. The van der Waals surface area contributed by atoms with Gasteiger partial charge in [-0.3, -0.25) is 4.79 Å². The quantitative estimate of drug-likeness (QED) is 0.834. The van der Waals surface area contributed by atoms with Gasteiger partial charge in [0.05, 0.1) is 24.6 Å². The van der Waals surface area contributed by atoms with Gasteiger partial charge < -0.3 is 20.3 Å². The summed E-state index contributed by atoms with van der Waals surface area (Å²) in [4.78, 5) is 16.7. The zero-order valence-electron chi connectivity index (χ0n) is 15.4.